The summed E-state index contributed by atoms with van der Waals surface area (Å²) in [4.78, 5) is 32.9. The van der Waals surface area contributed by atoms with E-state index in [2.05, 4.69) is 32.2 Å². The van der Waals surface area contributed by atoms with Gasteiger partial charge in [-0.05, 0) is 45.6 Å². The number of nitrogens with zero attached hydrogens (tertiary/aromatic N) is 5. The first-order chi connectivity index (χ1) is 14.0. The molecule has 0 radical (unpaired) electrons. The number of anilines is 1. The molecular formula is C21H24N6O2. The number of hydrogen-bond donors (Lipinski definition) is 1. The van der Waals surface area contributed by atoms with Crippen molar-refractivity contribution in [1.29, 1.82) is 0 Å². The van der Waals surface area contributed by atoms with Gasteiger partial charge in [-0.3, -0.25) is 4.79 Å². The molecule has 1 aliphatic carbocycles. The molecule has 0 aromatic carbocycles. The van der Waals surface area contributed by atoms with Gasteiger partial charge in [-0.15, -0.1) is 0 Å². The Morgan fingerprint density at radius 1 is 1.21 bits per heavy atom. The highest BCUT2D eigenvalue weighted by atomic mass is 16.3. The van der Waals surface area contributed by atoms with E-state index in [-0.39, 0.29) is 11.4 Å². The Morgan fingerprint density at radius 3 is 2.62 bits per heavy atom. The molecule has 3 aromatic heterocycles. The van der Waals surface area contributed by atoms with Crippen molar-refractivity contribution in [2.45, 2.75) is 51.0 Å². The highest BCUT2D eigenvalue weighted by Gasteiger charge is 2.39. The van der Waals surface area contributed by atoms with Gasteiger partial charge in [-0.25, -0.2) is 15.0 Å². The Bertz CT molecular complexity index is 1050. The Morgan fingerprint density at radius 2 is 1.93 bits per heavy atom. The van der Waals surface area contributed by atoms with E-state index in [0.717, 1.165) is 31.5 Å². The Hall–Kier alpha value is -3.03. The van der Waals surface area contributed by atoms with Crippen LogP contribution in [0.1, 0.15) is 60.5 Å². The number of nitrogens with one attached hydrogen (secondary N) is 1. The number of carbonyl (C=O) groups excluding carboxylic acids is 1. The quantitative estimate of drug-likeness (QED) is 0.727. The van der Waals surface area contributed by atoms with Gasteiger partial charge in [0.2, 0.25) is 5.71 Å². The van der Waals surface area contributed by atoms with Crippen LogP contribution in [-0.4, -0.2) is 49.4 Å². The number of fused-ring (bicyclic) bond motifs is 1. The van der Waals surface area contributed by atoms with E-state index in [1.54, 1.807) is 12.4 Å². The standard InChI is InChI=1S/C21H24N6O2/c1-13-24-18(26-21(2)6-7-21)16-15(12-29-19(16)25-13)20(28)27-10-4-14(5-11-27)17-22-8-3-9-23-17/h3,8-9,12,14H,4-7,10-11H2,1-2H3,(H,24,25,26). The number of likely N-dealkylation sites (tertiary alicyclic amines) is 1. The number of rotatable bonds is 4. The van der Waals surface area contributed by atoms with Gasteiger partial charge < -0.3 is 14.6 Å². The molecule has 1 saturated carbocycles. The van der Waals surface area contributed by atoms with E-state index in [0.29, 0.717) is 47.3 Å². The lowest BCUT2D eigenvalue weighted by molar-refractivity contribution is 0.0712. The van der Waals surface area contributed by atoms with E-state index in [9.17, 15) is 4.79 Å². The molecule has 8 nitrogen and oxygen atoms in total. The van der Waals surface area contributed by atoms with Crippen molar-refractivity contribution < 1.29 is 9.21 Å². The van der Waals surface area contributed by atoms with Gasteiger partial charge >= 0.3 is 0 Å². The number of hydrogen-bond acceptors (Lipinski definition) is 7. The summed E-state index contributed by atoms with van der Waals surface area (Å²) < 4.78 is 5.65. The summed E-state index contributed by atoms with van der Waals surface area (Å²) in [6.45, 7) is 5.33. The van der Waals surface area contributed by atoms with Gasteiger partial charge in [0, 0.05) is 36.9 Å². The fraction of sp³-hybridized carbons (Fsp3) is 0.476. The predicted octanol–water partition coefficient (Wildman–Crippen LogP) is 3.31. The molecular weight excluding hydrogens is 368 g/mol. The molecule has 8 heteroatoms. The van der Waals surface area contributed by atoms with Crippen LogP contribution in [-0.2, 0) is 0 Å². The first-order valence-electron chi connectivity index (χ1n) is 10.1. The molecule has 1 N–H and O–H groups in total. The van der Waals surface area contributed by atoms with Crippen molar-refractivity contribution in [1.82, 2.24) is 24.8 Å². The summed E-state index contributed by atoms with van der Waals surface area (Å²) in [5.74, 6) is 2.44. The second-order valence-electron chi connectivity index (χ2n) is 8.31. The first-order valence-corrected chi connectivity index (χ1v) is 10.1. The van der Waals surface area contributed by atoms with E-state index in [1.165, 1.54) is 6.26 Å². The maximum Gasteiger partial charge on any atom is 0.257 e. The zero-order chi connectivity index (χ0) is 20.0. The monoisotopic (exact) mass is 392 g/mol. The zero-order valence-corrected chi connectivity index (χ0v) is 16.7. The number of aryl methyl sites for hydroxylation is 1. The Kier molecular flexibility index (Phi) is 4.22. The molecule has 150 valence electrons. The van der Waals surface area contributed by atoms with Crippen molar-refractivity contribution in [3.63, 3.8) is 0 Å². The summed E-state index contributed by atoms with van der Waals surface area (Å²) in [7, 11) is 0. The number of piperidine rings is 1. The number of carbonyl (C=O) groups is 1. The third kappa shape index (κ3) is 3.43. The van der Waals surface area contributed by atoms with Crippen molar-refractivity contribution in [2.75, 3.05) is 18.4 Å². The van der Waals surface area contributed by atoms with E-state index < -0.39 is 0 Å². The smallest absolute Gasteiger partial charge is 0.257 e. The number of furan rings is 1. The summed E-state index contributed by atoms with van der Waals surface area (Å²) in [6, 6.07) is 1.82. The average molecular weight is 392 g/mol. The van der Waals surface area contributed by atoms with Crippen LogP contribution in [0.4, 0.5) is 5.82 Å². The fourth-order valence-electron chi connectivity index (χ4n) is 3.93. The van der Waals surface area contributed by atoms with Gasteiger partial charge in [-0.2, -0.15) is 4.98 Å². The van der Waals surface area contributed by atoms with Crippen molar-refractivity contribution >= 4 is 22.8 Å². The van der Waals surface area contributed by atoms with E-state index in [4.69, 9.17) is 4.42 Å². The van der Waals surface area contributed by atoms with Crippen LogP contribution in [0.5, 0.6) is 0 Å². The third-order valence-electron chi connectivity index (χ3n) is 5.93. The van der Waals surface area contributed by atoms with Crippen molar-refractivity contribution in [2.24, 2.45) is 0 Å². The minimum Gasteiger partial charge on any atom is -0.445 e. The largest absolute Gasteiger partial charge is 0.445 e. The lowest BCUT2D eigenvalue weighted by atomic mass is 9.95. The lowest BCUT2D eigenvalue weighted by Gasteiger charge is -2.31. The number of amides is 1. The Balaban J connectivity index is 1.39. The molecule has 5 rings (SSSR count). The third-order valence-corrected chi connectivity index (χ3v) is 5.93. The maximum absolute atomic E-state index is 13.3. The minimum absolute atomic E-state index is 0.0346. The lowest BCUT2D eigenvalue weighted by Crippen LogP contribution is -2.38. The second kappa shape index (κ2) is 6.79. The van der Waals surface area contributed by atoms with Crippen LogP contribution in [0.15, 0.2) is 29.1 Å². The molecule has 0 atom stereocenters. The molecule has 0 unspecified atom stereocenters. The summed E-state index contributed by atoms with van der Waals surface area (Å²) in [6.07, 6.45) is 8.95. The van der Waals surface area contributed by atoms with Crippen LogP contribution >= 0.6 is 0 Å². The van der Waals surface area contributed by atoms with Crippen LogP contribution in [0.2, 0.25) is 0 Å². The molecule has 29 heavy (non-hydrogen) atoms. The predicted molar refractivity (Wildman–Crippen MR) is 108 cm³/mol. The van der Waals surface area contributed by atoms with E-state index >= 15 is 0 Å². The van der Waals surface area contributed by atoms with Crippen molar-refractivity contribution in [3.05, 3.63) is 41.9 Å². The highest BCUT2D eigenvalue weighted by molar-refractivity contribution is 6.09. The Labute approximate surface area is 168 Å². The van der Waals surface area contributed by atoms with Gasteiger partial charge in [0.15, 0.2) is 0 Å². The maximum atomic E-state index is 13.3. The molecule has 1 saturated heterocycles. The first kappa shape index (κ1) is 18.0. The summed E-state index contributed by atoms with van der Waals surface area (Å²) in [5, 5.41) is 4.17. The van der Waals surface area contributed by atoms with Crippen LogP contribution in [0.3, 0.4) is 0 Å². The molecule has 4 heterocycles. The highest BCUT2D eigenvalue weighted by Crippen LogP contribution is 2.40. The normalized spacial score (nSPS) is 18.8. The molecule has 0 spiro atoms. The van der Waals surface area contributed by atoms with Crippen LogP contribution < -0.4 is 5.32 Å². The molecule has 0 bridgehead atoms. The zero-order valence-electron chi connectivity index (χ0n) is 16.7. The van der Waals surface area contributed by atoms with Crippen LogP contribution in [0, 0.1) is 6.92 Å². The topological polar surface area (TPSA) is 97.0 Å². The molecule has 1 aliphatic heterocycles. The number of aromatic nitrogens is 4. The average Bonchev–Trinajstić information content (AvgIpc) is 3.30. The van der Waals surface area contributed by atoms with Gasteiger partial charge in [-0.1, -0.05) is 0 Å². The molecule has 3 aromatic rings. The van der Waals surface area contributed by atoms with Gasteiger partial charge in [0.25, 0.3) is 5.91 Å². The second-order valence-corrected chi connectivity index (χ2v) is 8.31. The van der Waals surface area contributed by atoms with Gasteiger partial charge in [0.05, 0.1) is 10.9 Å². The summed E-state index contributed by atoms with van der Waals surface area (Å²) >= 11 is 0. The van der Waals surface area contributed by atoms with E-state index in [1.807, 2.05) is 17.9 Å². The SMILES string of the molecule is Cc1nc(NC2(C)CC2)c2c(C(=O)N3CCC(c4ncccn4)CC3)coc2n1. The van der Waals surface area contributed by atoms with Crippen LogP contribution in [0.25, 0.3) is 11.1 Å². The van der Waals surface area contributed by atoms with Crippen molar-refractivity contribution in [3.8, 4) is 0 Å². The van der Waals surface area contributed by atoms with Gasteiger partial charge in [0.1, 0.15) is 23.7 Å². The summed E-state index contributed by atoms with van der Waals surface area (Å²) in [5.41, 5.74) is 1.03. The molecule has 1 amide bonds. The molecule has 2 aliphatic rings. The minimum atomic E-state index is -0.0346. The fourth-order valence-corrected chi connectivity index (χ4v) is 3.93. The molecule has 2 fully saturated rings.